The van der Waals surface area contributed by atoms with Gasteiger partial charge in [-0.3, -0.25) is 4.79 Å². The van der Waals surface area contributed by atoms with E-state index in [1.807, 2.05) is 42.5 Å². The molecule has 1 heteroatoms. The molecule has 1 nitrogen and oxygen atoms in total. The third-order valence-electron chi connectivity index (χ3n) is 4.91. The molecule has 3 aromatic carbocycles. The minimum atomic E-state index is -0.171. The Bertz CT molecular complexity index is 767. The number of hydrogen-bond acceptors (Lipinski definition) is 1. The Morgan fingerprint density at radius 3 is 1.61 bits per heavy atom. The predicted octanol–water partition coefficient (Wildman–Crippen LogP) is 4.88. The molecule has 1 atom stereocenters. The van der Waals surface area contributed by atoms with E-state index in [0.29, 0.717) is 0 Å². The smallest absolute Gasteiger partial charge is 0.167 e. The number of Topliss-reactive ketones (excluding diaryl/α,β-unsaturated/α-hetero) is 1. The second kappa shape index (κ2) is 5.51. The first-order chi connectivity index (χ1) is 11.3. The maximum absolute atomic E-state index is 13.0. The lowest BCUT2D eigenvalue weighted by molar-refractivity contribution is 0.0960. The van der Waals surface area contributed by atoms with E-state index in [9.17, 15) is 4.79 Å². The first kappa shape index (κ1) is 14.0. The Hall–Kier alpha value is -2.67. The van der Waals surface area contributed by atoms with Gasteiger partial charge in [-0.2, -0.15) is 0 Å². The highest BCUT2D eigenvalue weighted by Crippen LogP contribution is 2.59. The van der Waals surface area contributed by atoms with Crippen molar-refractivity contribution in [1.82, 2.24) is 0 Å². The summed E-state index contributed by atoms with van der Waals surface area (Å²) in [6.07, 6.45) is 0.884. The van der Waals surface area contributed by atoms with Crippen molar-refractivity contribution >= 4 is 5.78 Å². The van der Waals surface area contributed by atoms with Crippen molar-refractivity contribution in [3.05, 3.63) is 108 Å². The van der Waals surface area contributed by atoms with E-state index in [1.165, 1.54) is 11.1 Å². The molecule has 0 aliphatic heterocycles. The maximum Gasteiger partial charge on any atom is 0.167 e. The molecule has 0 heterocycles. The Morgan fingerprint density at radius 2 is 1.13 bits per heavy atom. The summed E-state index contributed by atoms with van der Waals surface area (Å²) in [6.45, 7) is 0. The minimum Gasteiger partial charge on any atom is -0.294 e. The molecule has 3 aromatic rings. The standard InChI is InChI=1S/C22H18O/c23-21(17-10-4-1-5-11-17)20-16-22(20,18-12-6-2-7-13-18)19-14-8-3-9-15-19/h1-15,20H,16H2/t20-/m1/s1. The van der Waals surface area contributed by atoms with Gasteiger partial charge < -0.3 is 0 Å². The van der Waals surface area contributed by atoms with E-state index in [-0.39, 0.29) is 17.1 Å². The summed E-state index contributed by atoms with van der Waals surface area (Å²) in [5, 5.41) is 0. The summed E-state index contributed by atoms with van der Waals surface area (Å²) < 4.78 is 0. The molecule has 1 aliphatic rings. The largest absolute Gasteiger partial charge is 0.294 e. The number of ketones is 1. The van der Waals surface area contributed by atoms with E-state index in [2.05, 4.69) is 48.5 Å². The first-order valence-electron chi connectivity index (χ1n) is 8.03. The molecule has 0 radical (unpaired) electrons. The molecule has 1 saturated carbocycles. The normalized spacial score (nSPS) is 18.3. The van der Waals surface area contributed by atoms with Crippen LogP contribution in [-0.2, 0) is 5.41 Å². The van der Waals surface area contributed by atoms with E-state index in [0.717, 1.165) is 12.0 Å². The third kappa shape index (κ3) is 2.29. The molecule has 23 heavy (non-hydrogen) atoms. The molecule has 0 N–H and O–H groups in total. The van der Waals surface area contributed by atoms with E-state index < -0.39 is 0 Å². The van der Waals surface area contributed by atoms with Gasteiger partial charge in [0.05, 0.1) is 0 Å². The average Bonchev–Trinajstić information content (AvgIpc) is 3.40. The monoisotopic (exact) mass is 298 g/mol. The van der Waals surface area contributed by atoms with Crippen LogP contribution in [0.4, 0.5) is 0 Å². The average molecular weight is 298 g/mol. The van der Waals surface area contributed by atoms with Crippen LogP contribution in [-0.4, -0.2) is 5.78 Å². The second-order valence-electron chi connectivity index (χ2n) is 6.19. The van der Waals surface area contributed by atoms with E-state index >= 15 is 0 Å². The van der Waals surface area contributed by atoms with E-state index in [4.69, 9.17) is 0 Å². The first-order valence-corrected chi connectivity index (χ1v) is 8.03. The lowest BCUT2D eigenvalue weighted by Crippen LogP contribution is -2.17. The van der Waals surface area contributed by atoms with Crippen LogP contribution in [0, 0.1) is 5.92 Å². The minimum absolute atomic E-state index is 0.0229. The van der Waals surface area contributed by atoms with Gasteiger partial charge in [0.25, 0.3) is 0 Å². The van der Waals surface area contributed by atoms with Crippen LogP contribution < -0.4 is 0 Å². The van der Waals surface area contributed by atoms with Crippen LogP contribution in [0.2, 0.25) is 0 Å². The van der Waals surface area contributed by atoms with Gasteiger partial charge in [-0.15, -0.1) is 0 Å². The predicted molar refractivity (Wildman–Crippen MR) is 92.5 cm³/mol. The van der Waals surface area contributed by atoms with Gasteiger partial charge in [0.2, 0.25) is 0 Å². The number of carbonyl (C=O) groups is 1. The van der Waals surface area contributed by atoms with Crippen molar-refractivity contribution in [2.45, 2.75) is 11.8 Å². The van der Waals surface area contributed by atoms with Crippen molar-refractivity contribution < 1.29 is 4.79 Å². The van der Waals surface area contributed by atoms with Crippen LogP contribution in [0.5, 0.6) is 0 Å². The van der Waals surface area contributed by atoms with Gasteiger partial charge >= 0.3 is 0 Å². The molecule has 112 valence electrons. The van der Waals surface area contributed by atoms with Crippen LogP contribution in [0.25, 0.3) is 0 Å². The SMILES string of the molecule is O=C(c1ccccc1)[C@H]1CC1(c1ccccc1)c1ccccc1. The van der Waals surface area contributed by atoms with Gasteiger partial charge in [0.1, 0.15) is 0 Å². The quantitative estimate of drug-likeness (QED) is 0.628. The molecule has 0 aromatic heterocycles. The lowest BCUT2D eigenvalue weighted by Gasteiger charge is -2.18. The fourth-order valence-corrected chi connectivity index (χ4v) is 3.66. The number of benzene rings is 3. The number of rotatable bonds is 4. The van der Waals surface area contributed by atoms with Gasteiger partial charge in [0.15, 0.2) is 5.78 Å². The van der Waals surface area contributed by atoms with Crippen molar-refractivity contribution in [1.29, 1.82) is 0 Å². The Morgan fingerprint density at radius 1 is 0.696 bits per heavy atom. The fraction of sp³-hybridized carbons (Fsp3) is 0.136. The molecular weight excluding hydrogens is 280 g/mol. The van der Waals surface area contributed by atoms with Gasteiger partial charge in [-0.25, -0.2) is 0 Å². The second-order valence-corrected chi connectivity index (χ2v) is 6.19. The molecule has 0 spiro atoms. The van der Waals surface area contributed by atoms with Gasteiger partial charge in [-0.1, -0.05) is 91.0 Å². The summed E-state index contributed by atoms with van der Waals surface area (Å²) in [6, 6.07) is 30.5. The zero-order valence-electron chi connectivity index (χ0n) is 12.9. The molecule has 4 rings (SSSR count). The molecule has 1 aliphatic carbocycles. The number of carbonyl (C=O) groups excluding carboxylic acids is 1. The fourth-order valence-electron chi connectivity index (χ4n) is 3.66. The summed E-state index contributed by atoms with van der Waals surface area (Å²) in [7, 11) is 0. The van der Waals surface area contributed by atoms with Gasteiger partial charge in [0, 0.05) is 16.9 Å². The highest BCUT2D eigenvalue weighted by molar-refractivity contribution is 6.01. The summed E-state index contributed by atoms with van der Waals surface area (Å²) >= 11 is 0. The molecule has 0 amide bonds. The third-order valence-corrected chi connectivity index (χ3v) is 4.91. The molecule has 0 bridgehead atoms. The van der Waals surface area contributed by atoms with Crippen LogP contribution in [0.15, 0.2) is 91.0 Å². The Balaban J connectivity index is 1.77. The topological polar surface area (TPSA) is 17.1 Å². The van der Waals surface area contributed by atoms with Crippen molar-refractivity contribution in [2.24, 2.45) is 5.92 Å². The Labute approximate surface area is 136 Å². The highest BCUT2D eigenvalue weighted by Gasteiger charge is 2.59. The zero-order chi connectivity index (χ0) is 15.7. The van der Waals surface area contributed by atoms with Gasteiger partial charge in [-0.05, 0) is 17.5 Å². The van der Waals surface area contributed by atoms with Crippen LogP contribution in [0.1, 0.15) is 27.9 Å². The van der Waals surface area contributed by atoms with Crippen molar-refractivity contribution in [3.63, 3.8) is 0 Å². The maximum atomic E-state index is 13.0. The molecule has 1 fully saturated rings. The summed E-state index contributed by atoms with van der Waals surface area (Å²) in [5.41, 5.74) is 3.11. The Kier molecular flexibility index (Phi) is 3.34. The molecule has 0 saturated heterocycles. The van der Waals surface area contributed by atoms with Crippen molar-refractivity contribution in [3.8, 4) is 0 Å². The van der Waals surface area contributed by atoms with Crippen LogP contribution in [0.3, 0.4) is 0 Å². The van der Waals surface area contributed by atoms with Crippen LogP contribution >= 0.6 is 0 Å². The molecular formula is C22H18O. The zero-order valence-corrected chi connectivity index (χ0v) is 12.9. The highest BCUT2D eigenvalue weighted by atomic mass is 16.1. The van der Waals surface area contributed by atoms with Crippen molar-refractivity contribution in [2.75, 3.05) is 0 Å². The number of hydrogen-bond donors (Lipinski definition) is 0. The van der Waals surface area contributed by atoms with E-state index in [1.54, 1.807) is 0 Å². The summed E-state index contributed by atoms with van der Waals surface area (Å²) in [5.74, 6) is 0.271. The molecule has 0 unspecified atom stereocenters. The lowest BCUT2D eigenvalue weighted by atomic mass is 9.84. The summed E-state index contributed by atoms with van der Waals surface area (Å²) in [4.78, 5) is 13.0.